The summed E-state index contributed by atoms with van der Waals surface area (Å²) in [4.78, 5) is 4.15. The summed E-state index contributed by atoms with van der Waals surface area (Å²) >= 11 is 0. The summed E-state index contributed by atoms with van der Waals surface area (Å²) in [6, 6.07) is 10.4. The number of aryl methyl sites for hydroxylation is 1. The molecule has 0 fully saturated rings. The second-order valence-electron chi connectivity index (χ2n) is 4.20. The Bertz CT molecular complexity index is 708. The SMILES string of the molecule is C[n+]1cccc(-c2ccccc2F)c1-c1ncco1. The Labute approximate surface area is 110 Å². The molecule has 1 aromatic carbocycles. The van der Waals surface area contributed by atoms with E-state index >= 15 is 0 Å². The molecular formula is C15H12FN2O+. The molecule has 2 aromatic heterocycles. The highest BCUT2D eigenvalue weighted by Gasteiger charge is 2.22. The first-order valence-corrected chi connectivity index (χ1v) is 5.91. The van der Waals surface area contributed by atoms with Gasteiger partial charge in [-0.25, -0.2) is 9.37 Å². The predicted octanol–water partition coefficient (Wildman–Crippen LogP) is 2.97. The molecule has 94 valence electrons. The van der Waals surface area contributed by atoms with Crippen molar-refractivity contribution in [3.05, 3.63) is 60.9 Å². The summed E-state index contributed by atoms with van der Waals surface area (Å²) in [5.74, 6) is 0.211. The van der Waals surface area contributed by atoms with Gasteiger partial charge in [0.15, 0.2) is 6.20 Å². The maximum Gasteiger partial charge on any atom is 0.293 e. The van der Waals surface area contributed by atoms with Crippen molar-refractivity contribution in [3.8, 4) is 22.7 Å². The highest BCUT2D eigenvalue weighted by molar-refractivity contribution is 5.75. The fourth-order valence-corrected chi connectivity index (χ4v) is 2.12. The van der Waals surface area contributed by atoms with Crippen LogP contribution in [0.1, 0.15) is 0 Å². The molecule has 4 heteroatoms. The van der Waals surface area contributed by atoms with Crippen molar-refractivity contribution in [2.45, 2.75) is 0 Å². The van der Waals surface area contributed by atoms with Crippen molar-refractivity contribution >= 4 is 0 Å². The van der Waals surface area contributed by atoms with E-state index in [4.69, 9.17) is 4.42 Å². The first kappa shape index (κ1) is 11.6. The standard InChI is InChI=1S/C15H12FN2O/c1-18-9-4-6-12(11-5-2-3-7-13(11)16)14(18)15-17-8-10-19-15/h2-10H,1H3/q+1. The molecule has 0 N–H and O–H groups in total. The zero-order chi connectivity index (χ0) is 13.2. The number of aromatic nitrogens is 2. The average Bonchev–Trinajstić information content (AvgIpc) is 2.92. The van der Waals surface area contributed by atoms with Crippen LogP contribution >= 0.6 is 0 Å². The average molecular weight is 255 g/mol. The molecule has 0 radical (unpaired) electrons. The number of hydrogen-bond acceptors (Lipinski definition) is 2. The van der Waals surface area contributed by atoms with Crippen molar-refractivity contribution in [3.63, 3.8) is 0 Å². The van der Waals surface area contributed by atoms with E-state index in [2.05, 4.69) is 4.98 Å². The zero-order valence-electron chi connectivity index (χ0n) is 10.4. The molecule has 0 amide bonds. The van der Waals surface area contributed by atoms with Crippen LogP contribution < -0.4 is 4.57 Å². The fraction of sp³-hybridized carbons (Fsp3) is 0.0667. The predicted molar refractivity (Wildman–Crippen MR) is 68.5 cm³/mol. The van der Waals surface area contributed by atoms with Gasteiger partial charge in [0.2, 0.25) is 0 Å². The minimum Gasteiger partial charge on any atom is -0.440 e. The molecule has 2 heterocycles. The van der Waals surface area contributed by atoms with Crippen molar-refractivity contribution in [1.82, 2.24) is 4.98 Å². The van der Waals surface area contributed by atoms with Crippen LogP contribution in [0.25, 0.3) is 22.7 Å². The van der Waals surface area contributed by atoms with Crippen LogP contribution in [0.2, 0.25) is 0 Å². The minimum absolute atomic E-state index is 0.262. The van der Waals surface area contributed by atoms with Gasteiger partial charge in [-0.2, -0.15) is 4.57 Å². The molecule has 0 saturated carbocycles. The molecule has 0 spiro atoms. The number of pyridine rings is 1. The van der Waals surface area contributed by atoms with E-state index in [1.165, 1.54) is 12.3 Å². The molecule has 3 aromatic rings. The van der Waals surface area contributed by atoms with E-state index in [-0.39, 0.29) is 5.82 Å². The van der Waals surface area contributed by atoms with Gasteiger partial charge in [-0.05, 0) is 12.1 Å². The van der Waals surface area contributed by atoms with Crippen LogP contribution in [0, 0.1) is 5.82 Å². The lowest BCUT2D eigenvalue weighted by molar-refractivity contribution is -0.660. The minimum atomic E-state index is -0.262. The molecule has 0 aliphatic carbocycles. The summed E-state index contributed by atoms with van der Waals surface area (Å²) in [5, 5.41) is 0. The van der Waals surface area contributed by atoms with E-state index in [9.17, 15) is 4.39 Å². The molecule has 3 nitrogen and oxygen atoms in total. The lowest BCUT2D eigenvalue weighted by Crippen LogP contribution is -2.31. The molecule has 3 rings (SSSR count). The number of nitrogens with zero attached hydrogens (tertiary/aromatic N) is 2. The second-order valence-corrected chi connectivity index (χ2v) is 4.20. The van der Waals surface area contributed by atoms with Crippen molar-refractivity contribution < 1.29 is 13.4 Å². The lowest BCUT2D eigenvalue weighted by atomic mass is 10.0. The largest absolute Gasteiger partial charge is 0.440 e. The number of rotatable bonds is 2. The summed E-state index contributed by atoms with van der Waals surface area (Å²) in [5.41, 5.74) is 2.04. The lowest BCUT2D eigenvalue weighted by Gasteiger charge is -2.05. The smallest absolute Gasteiger partial charge is 0.293 e. The summed E-state index contributed by atoms with van der Waals surface area (Å²) in [6.07, 6.45) is 4.96. The summed E-state index contributed by atoms with van der Waals surface area (Å²) in [6.45, 7) is 0. The number of halogens is 1. The topological polar surface area (TPSA) is 29.9 Å². The Balaban J connectivity index is 2.29. The van der Waals surface area contributed by atoms with Crippen molar-refractivity contribution in [2.24, 2.45) is 7.05 Å². The number of oxazole rings is 1. The highest BCUT2D eigenvalue weighted by Crippen LogP contribution is 2.29. The van der Waals surface area contributed by atoms with E-state index in [0.29, 0.717) is 11.5 Å². The Morgan fingerprint density at radius 3 is 2.63 bits per heavy atom. The molecule has 19 heavy (non-hydrogen) atoms. The van der Waals surface area contributed by atoms with Crippen LogP contribution in [-0.4, -0.2) is 4.98 Å². The third-order valence-electron chi connectivity index (χ3n) is 2.98. The second kappa shape index (κ2) is 4.65. The van der Waals surface area contributed by atoms with Gasteiger partial charge in [0.05, 0.1) is 11.8 Å². The van der Waals surface area contributed by atoms with Crippen LogP contribution in [0.3, 0.4) is 0 Å². The Kier molecular flexibility index (Phi) is 2.83. The van der Waals surface area contributed by atoms with Crippen LogP contribution in [0.4, 0.5) is 4.39 Å². The number of hydrogen-bond donors (Lipinski definition) is 0. The van der Waals surface area contributed by atoms with E-state index in [1.54, 1.807) is 18.3 Å². The summed E-state index contributed by atoms with van der Waals surface area (Å²) < 4.78 is 21.2. The quantitative estimate of drug-likeness (QED) is 0.659. The molecule has 0 unspecified atom stereocenters. The maximum atomic E-state index is 14.0. The van der Waals surface area contributed by atoms with Gasteiger partial charge in [0, 0.05) is 11.6 Å². The molecule has 0 aliphatic rings. The first-order chi connectivity index (χ1) is 9.27. The van der Waals surface area contributed by atoms with Gasteiger partial charge in [0.25, 0.3) is 11.6 Å². The van der Waals surface area contributed by atoms with Crippen molar-refractivity contribution in [2.75, 3.05) is 0 Å². The van der Waals surface area contributed by atoms with Crippen LogP contribution in [0.5, 0.6) is 0 Å². The Morgan fingerprint density at radius 1 is 1.11 bits per heavy atom. The third-order valence-corrected chi connectivity index (χ3v) is 2.98. The van der Waals surface area contributed by atoms with Gasteiger partial charge in [0.1, 0.15) is 19.1 Å². The van der Waals surface area contributed by atoms with Gasteiger partial charge in [-0.1, -0.05) is 18.2 Å². The fourth-order valence-electron chi connectivity index (χ4n) is 2.12. The van der Waals surface area contributed by atoms with Gasteiger partial charge < -0.3 is 4.42 Å². The van der Waals surface area contributed by atoms with E-state index in [1.807, 2.05) is 36.0 Å². The third kappa shape index (κ3) is 2.01. The summed E-state index contributed by atoms with van der Waals surface area (Å²) in [7, 11) is 1.88. The molecule has 0 saturated heterocycles. The Morgan fingerprint density at radius 2 is 1.89 bits per heavy atom. The van der Waals surface area contributed by atoms with Crippen LogP contribution in [0.15, 0.2) is 59.5 Å². The van der Waals surface area contributed by atoms with Crippen molar-refractivity contribution in [1.29, 1.82) is 0 Å². The maximum absolute atomic E-state index is 14.0. The zero-order valence-corrected chi connectivity index (χ0v) is 10.4. The Hall–Kier alpha value is -2.49. The van der Waals surface area contributed by atoms with E-state index in [0.717, 1.165) is 11.3 Å². The van der Waals surface area contributed by atoms with Gasteiger partial charge in [-0.15, -0.1) is 0 Å². The van der Waals surface area contributed by atoms with E-state index < -0.39 is 0 Å². The van der Waals surface area contributed by atoms with Gasteiger partial charge in [-0.3, -0.25) is 0 Å². The molecular weight excluding hydrogens is 243 g/mol. The first-order valence-electron chi connectivity index (χ1n) is 5.91. The monoisotopic (exact) mass is 255 g/mol. The van der Waals surface area contributed by atoms with Crippen LogP contribution in [-0.2, 0) is 7.05 Å². The molecule has 0 atom stereocenters. The highest BCUT2D eigenvalue weighted by atomic mass is 19.1. The molecule has 0 bridgehead atoms. The molecule has 0 aliphatic heterocycles. The number of benzene rings is 1. The van der Waals surface area contributed by atoms with Gasteiger partial charge >= 0.3 is 0 Å². The normalized spacial score (nSPS) is 10.6.